The summed E-state index contributed by atoms with van der Waals surface area (Å²) in [4.78, 5) is 2.10. The Morgan fingerprint density at radius 1 is 1.00 bits per heavy atom. The van der Waals surface area contributed by atoms with E-state index in [4.69, 9.17) is 0 Å². The molecule has 0 aromatic heterocycles. The molecule has 3 rings (SSSR count). The van der Waals surface area contributed by atoms with Gasteiger partial charge in [-0.25, -0.2) is 13.2 Å². The molecule has 0 unspecified atom stereocenters. The third-order valence-electron chi connectivity index (χ3n) is 4.52. The first-order valence-corrected chi connectivity index (χ1v) is 7.26. The number of hydrogen-bond acceptors (Lipinski definition) is 2. The summed E-state index contributed by atoms with van der Waals surface area (Å²) in [6.07, 6.45) is 3.01. The number of halogens is 5. The minimum atomic E-state index is -1.01. The van der Waals surface area contributed by atoms with Crippen molar-refractivity contribution in [3.8, 4) is 0 Å². The van der Waals surface area contributed by atoms with Crippen molar-refractivity contribution in [2.24, 2.45) is 5.92 Å². The van der Waals surface area contributed by atoms with Gasteiger partial charge in [-0.1, -0.05) is 6.42 Å². The van der Waals surface area contributed by atoms with E-state index in [0.717, 1.165) is 57.6 Å². The van der Waals surface area contributed by atoms with Crippen LogP contribution in [0.25, 0.3) is 0 Å². The average Bonchev–Trinajstić information content (AvgIpc) is 2.41. The molecule has 1 heterocycles. The molecule has 0 bridgehead atoms. The molecule has 1 aromatic rings. The third kappa shape index (κ3) is 3.70. The topological polar surface area (TPSA) is 15.3 Å². The van der Waals surface area contributed by atoms with Crippen LogP contribution in [0.4, 0.5) is 13.2 Å². The van der Waals surface area contributed by atoms with Crippen LogP contribution >= 0.6 is 24.8 Å². The second-order valence-electron chi connectivity index (χ2n) is 5.68. The van der Waals surface area contributed by atoms with Crippen molar-refractivity contribution in [1.29, 1.82) is 0 Å². The van der Waals surface area contributed by atoms with Crippen molar-refractivity contribution in [3.63, 3.8) is 0 Å². The Hall–Kier alpha value is -0.490. The summed E-state index contributed by atoms with van der Waals surface area (Å²) in [5, 5.41) is 3.23. The number of rotatable bonds is 3. The molecule has 7 heteroatoms. The first-order valence-electron chi connectivity index (χ1n) is 7.26. The van der Waals surface area contributed by atoms with E-state index in [0.29, 0.717) is 0 Å². The van der Waals surface area contributed by atoms with Crippen LogP contribution in [0.15, 0.2) is 12.1 Å². The lowest BCUT2D eigenvalue weighted by Gasteiger charge is -2.43. The van der Waals surface area contributed by atoms with E-state index < -0.39 is 17.5 Å². The molecule has 22 heavy (non-hydrogen) atoms. The molecular formula is C15H21Cl2F3N2. The van der Waals surface area contributed by atoms with Crippen molar-refractivity contribution in [3.05, 3.63) is 35.1 Å². The van der Waals surface area contributed by atoms with E-state index in [-0.39, 0.29) is 42.3 Å². The van der Waals surface area contributed by atoms with Gasteiger partial charge in [0.15, 0.2) is 11.6 Å². The lowest BCUT2D eigenvalue weighted by molar-refractivity contribution is 0.0779. The van der Waals surface area contributed by atoms with Gasteiger partial charge in [0, 0.05) is 37.8 Å². The molecule has 1 N–H and O–H groups in total. The molecule has 1 atom stereocenters. The molecule has 2 fully saturated rings. The molecule has 1 aliphatic carbocycles. The number of hydrogen-bond donors (Lipinski definition) is 1. The molecule has 2 aliphatic rings. The molecule has 2 nitrogen and oxygen atoms in total. The van der Waals surface area contributed by atoms with Crippen molar-refractivity contribution in [2.75, 3.05) is 26.2 Å². The van der Waals surface area contributed by atoms with E-state index >= 15 is 0 Å². The highest BCUT2D eigenvalue weighted by molar-refractivity contribution is 5.85. The Morgan fingerprint density at radius 3 is 2.14 bits per heavy atom. The van der Waals surface area contributed by atoms with Crippen LogP contribution < -0.4 is 5.32 Å². The van der Waals surface area contributed by atoms with Crippen LogP contribution in [-0.4, -0.2) is 31.1 Å². The molecule has 0 radical (unpaired) electrons. The molecule has 126 valence electrons. The van der Waals surface area contributed by atoms with Gasteiger partial charge in [0.25, 0.3) is 0 Å². The van der Waals surface area contributed by atoms with E-state index in [9.17, 15) is 13.2 Å². The molecule has 1 aliphatic heterocycles. The highest BCUT2D eigenvalue weighted by Gasteiger charge is 2.37. The summed E-state index contributed by atoms with van der Waals surface area (Å²) in [7, 11) is 0. The van der Waals surface area contributed by atoms with Crippen LogP contribution in [0, 0.1) is 23.4 Å². The lowest BCUT2D eigenvalue weighted by atomic mass is 9.76. The number of benzene rings is 1. The fraction of sp³-hybridized carbons (Fsp3) is 0.600. The van der Waals surface area contributed by atoms with Gasteiger partial charge in [-0.05, 0) is 30.9 Å². The second-order valence-corrected chi connectivity index (χ2v) is 5.68. The molecule has 0 spiro atoms. The van der Waals surface area contributed by atoms with Gasteiger partial charge in [0.1, 0.15) is 5.82 Å². The molecule has 1 saturated carbocycles. The van der Waals surface area contributed by atoms with Crippen LogP contribution in [0.1, 0.15) is 30.9 Å². The minimum absolute atomic E-state index is 0. The smallest absolute Gasteiger partial charge is 0.166 e. The first kappa shape index (κ1) is 19.6. The predicted octanol–water partition coefficient (Wildman–Crippen LogP) is 3.69. The summed E-state index contributed by atoms with van der Waals surface area (Å²) in [5.74, 6) is -2.36. The summed E-state index contributed by atoms with van der Waals surface area (Å²) in [6.45, 7) is 3.11. The summed E-state index contributed by atoms with van der Waals surface area (Å²) < 4.78 is 41.7. The first-order chi connectivity index (χ1) is 9.68. The van der Waals surface area contributed by atoms with E-state index in [1.165, 1.54) is 0 Å². The van der Waals surface area contributed by atoms with Gasteiger partial charge in [-0.2, -0.15) is 0 Å². The maximum atomic E-state index is 14.1. The van der Waals surface area contributed by atoms with Gasteiger partial charge < -0.3 is 5.32 Å². The monoisotopic (exact) mass is 356 g/mol. The van der Waals surface area contributed by atoms with E-state index in [1.54, 1.807) is 0 Å². The van der Waals surface area contributed by atoms with Crippen molar-refractivity contribution in [2.45, 2.75) is 25.3 Å². The van der Waals surface area contributed by atoms with E-state index in [2.05, 4.69) is 10.2 Å². The minimum Gasteiger partial charge on any atom is -0.314 e. The highest BCUT2D eigenvalue weighted by atomic mass is 35.5. The predicted molar refractivity (Wildman–Crippen MR) is 85.3 cm³/mol. The number of piperazine rings is 1. The Balaban J connectivity index is 0.00000121. The Bertz CT molecular complexity index is 492. The van der Waals surface area contributed by atoms with Crippen molar-refractivity contribution >= 4 is 24.8 Å². The largest absolute Gasteiger partial charge is 0.314 e. The molecular weight excluding hydrogens is 336 g/mol. The SMILES string of the molecule is Cl.Cl.Fc1ccc(F)c([C@H](C2CCC2)N2CCNCC2)c1F. The standard InChI is InChI=1S/C15H19F3N2.2ClH/c16-11-4-5-12(17)14(18)13(11)15(10-2-1-3-10)20-8-6-19-7-9-20;;/h4-5,10,15,19H,1-3,6-9H2;2*1H/t15-;;/m0../s1. The second kappa shape index (κ2) is 8.39. The van der Waals surface area contributed by atoms with Gasteiger partial charge in [0.2, 0.25) is 0 Å². The third-order valence-corrected chi connectivity index (χ3v) is 4.52. The van der Waals surface area contributed by atoms with Gasteiger partial charge in [-0.15, -0.1) is 24.8 Å². The molecule has 1 aromatic carbocycles. The zero-order valence-electron chi connectivity index (χ0n) is 12.2. The Kier molecular flexibility index (Phi) is 7.46. The van der Waals surface area contributed by atoms with Crippen LogP contribution in [0.5, 0.6) is 0 Å². The quantitative estimate of drug-likeness (QED) is 0.830. The zero-order valence-corrected chi connectivity index (χ0v) is 13.8. The van der Waals surface area contributed by atoms with Crippen LogP contribution in [-0.2, 0) is 0 Å². The summed E-state index contributed by atoms with van der Waals surface area (Å²) >= 11 is 0. The Labute approximate surface area is 141 Å². The van der Waals surface area contributed by atoms with Gasteiger partial charge >= 0.3 is 0 Å². The van der Waals surface area contributed by atoms with Gasteiger partial charge in [-0.3, -0.25) is 4.90 Å². The average molecular weight is 357 g/mol. The Morgan fingerprint density at radius 2 is 1.59 bits per heavy atom. The maximum absolute atomic E-state index is 14.1. The van der Waals surface area contributed by atoms with Crippen LogP contribution in [0.3, 0.4) is 0 Å². The fourth-order valence-corrected chi connectivity index (χ4v) is 3.25. The lowest BCUT2D eigenvalue weighted by Crippen LogP contribution is -2.48. The fourth-order valence-electron chi connectivity index (χ4n) is 3.25. The van der Waals surface area contributed by atoms with Crippen molar-refractivity contribution < 1.29 is 13.2 Å². The normalized spacial score (nSPS) is 20.5. The molecule has 0 amide bonds. The zero-order chi connectivity index (χ0) is 14.1. The summed E-state index contributed by atoms with van der Waals surface area (Å²) in [5.41, 5.74) is -0.0726. The van der Waals surface area contributed by atoms with Gasteiger partial charge in [0.05, 0.1) is 0 Å². The molecule has 1 saturated heterocycles. The number of nitrogens with zero attached hydrogens (tertiary/aromatic N) is 1. The van der Waals surface area contributed by atoms with Crippen LogP contribution in [0.2, 0.25) is 0 Å². The number of nitrogens with one attached hydrogen (secondary N) is 1. The van der Waals surface area contributed by atoms with E-state index in [1.807, 2.05) is 0 Å². The summed E-state index contributed by atoms with van der Waals surface area (Å²) in [6, 6.07) is 1.58. The highest BCUT2D eigenvalue weighted by Crippen LogP contribution is 2.43. The maximum Gasteiger partial charge on any atom is 0.166 e. The van der Waals surface area contributed by atoms with Crippen molar-refractivity contribution in [1.82, 2.24) is 10.2 Å².